The topological polar surface area (TPSA) is 151 Å². The third-order valence-electron chi connectivity index (χ3n) is 10.3. The second kappa shape index (κ2) is 30.2. The van der Waals surface area contributed by atoms with E-state index in [1.165, 1.54) is 29.7 Å². The zero-order chi connectivity index (χ0) is 41.8. The number of piperidine rings is 1. The summed E-state index contributed by atoms with van der Waals surface area (Å²) >= 11 is 0. The molecule has 0 aromatic heterocycles. The molecule has 1 saturated carbocycles. The van der Waals surface area contributed by atoms with Crippen LogP contribution in [0.5, 0.6) is 0 Å². The highest BCUT2D eigenvalue weighted by molar-refractivity contribution is 6.39. The minimum absolute atomic E-state index is 0.00447. The van der Waals surface area contributed by atoms with E-state index in [2.05, 4.69) is 26.0 Å². The molecule has 2 saturated heterocycles. The average Bonchev–Trinajstić information content (AvgIpc) is 3.20. The van der Waals surface area contributed by atoms with Gasteiger partial charge in [0.05, 0.1) is 25.4 Å². The number of Topliss-reactive ketones (excluding diaryl/α,β-unsaturated/α-hetero) is 2. The maximum Gasteiger partial charge on any atom is 0.328 e. The Labute approximate surface area is 333 Å². The Balaban J connectivity index is 0.000000868. The van der Waals surface area contributed by atoms with Gasteiger partial charge in [-0.1, -0.05) is 103 Å². The fraction of sp³-hybridized carbons (Fsp3) is 0.733. The summed E-state index contributed by atoms with van der Waals surface area (Å²) in [6.45, 7) is 18.3. The highest BCUT2D eigenvalue weighted by atomic mass is 16.6. The first-order valence-electron chi connectivity index (χ1n) is 21.1. The summed E-state index contributed by atoms with van der Waals surface area (Å²) in [7, 11) is 0. The molecular weight excluding hydrogens is 698 g/mol. The Morgan fingerprint density at radius 3 is 2.16 bits per heavy atom. The van der Waals surface area contributed by atoms with Gasteiger partial charge in [-0.15, -0.1) is 0 Å². The van der Waals surface area contributed by atoms with Crippen LogP contribution in [0.3, 0.4) is 0 Å². The van der Waals surface area contributed by atoms with Crippen molar-refractivity contribution in [3.63, 3.8) is 0 Å². The molecule has 0 aromatic rings. The number of ketones is 2. The molecule has 2 heterocycles. The molecule has 55 heavy (non-hydrogen) atoms. The summed E-state index contributed by atoms with van der Waals surface area (Å²) in [6, 6.07) is -0.760. The fourth-order valence-corrected chi connectivity index (χ4v) is 6.16. The van der Waals surface area contributed by atoms with E-state index in [4.69, 9.17) is 14.6 Å². The van der Waals surface area contributed by atoms with Gasteiger partial charge in [0.25, 0.3) is 11.7 Å². The van der Waals surface area contributed by atoms with Crippen molar-refractivity contribution in [1.29, 1.82) is 0 Å². The first-order valence-corrected chi connectivity index (χ1v) is 21.1. The van der Waals surface area contributed by atoms with E-state index in [0.29, 0.717) is 32.2 Å². The van der Waals surface area contributed by atoms with Crippen LogP contribution in [-0.2, 0) is 28.7 Å². The second-order valence-electron chi connectivity index (χ2n) is 14.8. The van der Waals surface area contributed by atoms with E-state index in [9.17, 15) is 29.4 Å². The molecule has 2 aliphatic heterocycles. The molecule has 1 amide bonds. The Morgan fingerprint density at radius 1 is 0.945 bits per heavy atom. The SMILES string of the molecule is C/C=C(\C)C(O)CC(=O)C(C)CC/C=C/C=C/C=C(\C)CC.CC.CCCOC(=O)C1CCCCN1C(=O)C(=O)[C@]1(O)OCCC[C@H]1C.OC1CCCCC1. The van der Waals surface area contributed by atoms with Crippen LogP contribution in [0.1, 0.15) is 159 Å². The van der Waals surface area contributed by atoms with Gasteiger partial charge in [0.2, 0.25) is 5.79 Å². The number of rotatable bonds is 15. The number of carbonyl (C=O) groups is 4. The second-order valence-corrected chi connectivity index (χ2v) is 14.8. The molecule has 0 radical (unpaired) electrons. The lowest BCUT2D eigenvalue weighted by atomic mass is 9.88. The number of aliphatic hydroxyl groups excluding tert-OH is 2. The van der Waals surface area contributed by atoms with E-state index in [1.54, 1.807) is 6.92 Å². The average molecular weight is 776 g/mol. The minimum atomic E-state index is -2.09. The van der Waals surface area contributed by atoms with Crippen LogP contribution in [0.2, 0.25) is 0 Å². The molecule has 10 nitrogen and oxygen atoms in total. The van der Waals surface area contributed by atoms with Gasteiger partial charge >= 0.3 is 5.97 Å². The van der Waals surface area contributed by atoms with Crippen molar-refractivity contribution in [3.05, 3.63) is 47.6 Å². The van der Waals surface area contributed by atoms with Crippen LogP contribution in [0.4, 0.5) is 0 Å². The first-order chi connectivity index (χ1) is 26.2. The number of hydrogen-bond acceptors (Lipinski definition) is 9. The molecule has 3 rings (SSSR count). The fourth-order valence-electron chi connectivity index (χ4n) is 6.16. The van der Waals surface area contributed by atoms with Crippen molar-refractivity contribution in [3.8, 4) is 0 Å². The third kappa shape index (κ3) is 20.2. The largest absolute Gasteiger partial charge is 0.464 e. The van der Waals surface area contributed by atoms with Gasteiger partial charge in [-0.2, -0.15) is 0 Å². The molecule has 1 aliphatic carbocycles. The molecule has 10 heteroatoms. The number of esters is 1. The Morgan fingerprint density at radius 2 is 1.60 bits per heavy atom. The van der Waals surface area contributed by atoms with Crippen LogP contribution in [0.25, 0.3) is 0 Å². The summed E-state index contributed by atoms with van der Waals surface area (Å²) < 4.78 is 10.4. The Kier molecular flexibility index (Phi) is 28.6. The van der Waals surface area contributed by atoms with Crippen molar-refractivity contribution in [2.75, 3.05) is 19.8 Å². The molecule has 5 atom stereocenters. The smallest absolute Gasteiger partial charge is 0.328 e. The van der Waals surface area contributed by atoms with Crippen molar-refractivity contribution in [1.82, 2.24) is 4.90 Å². The molecule has 0 spiro atoms. The van der Waals surface area contributed by atoms with Crippen LogP contribution < -0.4 is 0 Å². The number of nitrogens with zero attached hydrogens (tertiary/aromatic N) is 1. The van der Waals surface area contributed by atoms with Gasteiger partial charge in [-0.25, -0.2) is 4.79 Å². The number of allylic oxidation sites excluding steroid dienone is 7. The molecule has 3 fully saturated rings. The lowest BCUT2D eigenvalue weighted by molar-refractivity contribution is -0.240. The highest BCUT2D eigenvalue weighted by Crippen LogP contribution is 2.31. The lowest BCUT2D eigenvalue weighted by Crippen LogP contribution is -2.59. The van der Waals surface area contributed by atoms with E-state index < -0.39 is 41.5 Å². The van der Waals surface area contributed by atoms with Crippen LogP contribution >= 0.6 is 0 Å². The predicted octanol–water partition coefficient (Wildman–Crippen LogP) is 8.52. The normalized spacial score (nSPS) is 23.3. The van der Waals surface area contributed by atoms with Crippen molar-refractivity contribution >= 4 is 23.4 Å². The van der Waals surface area contributed by atoms with E-state index >= 15 is 0 Å². The van der Waals surface area contributed by atoms with E-state index in [-0.39, 0.29) is 37.4 Å². The van der Waals surface area contributed by atoms with Gasteiger partial charge in [0, 0.05) is 24.8 Å². The Bertz CT molecular complexity index is 1230. The standard InChI is InChI=1S/C20H32O2.C17H27NO6.C6H12O.C2H6/c1-6-16(3)13-11-9-8-10-12-14-18(5)20(22)15-19(21)17(4)7-2;1-3-10-23-16(21)13-8-4-5-9-18(13)15(20)14(19)17(22)12(2)7-6-11-24-17;7-6-4-2-1-3-5-6;1-2/h7-11,13,18-19,21H,6,12,14-15H2,1-5H3;12-13,22H,3-11H2,1-2H3;6-7H,1-5H2;1-2H3/b10-8+,11-9+,16-13+,17-7+;;;/t;12-,13?,17-;;/m.1../s1. The van der Waals surface area contributed by atoms with Gasteiger partial charge in [-0.3, -0.25) is 14.4 Å². The monoisotopic (exact) mass is 776 g/mol. The van der Waals surface area contributed by atoms with Gasteiger partial charge in [0.15, 0.2) is 0 Å². The quantitative estimate of drug-likeness (QED) is 0.0644. The summed E-state index contributed by atoms with van der Waals surface area (Å²) in [4.78, 5) is 50.7. The highest BCUT2D eigenvalue weighted by Gasteiger charge is 2.50. The van der Waals surface area contributed by atoms with Gasteiger partial charge in [0.1, 0.15) is 11.8 Å². The minimum Gasteiger partial charge on any atom is -0.464 e. The third-order valence-corrected chi connectivity index (χ3v) is 10.3. The van der Waals surface area contributed by atoms with Gasteiger partial charge in [-0.05, 0) is 97.0 Å². The molecule has 0 aromatic carbocycles. The molecular formula is C45H77NO9. The number of amides is 1. The van der Waals surface area contributed by atoms with E-state index in [1.807, 2.05) is 65.8 Å². The zero-order valence-corrected chi connectivity index (χ0v) is 35.8. The molecule has 316 valence electrons. The number of hydrogen-bond donors (Lipinski definition) is 3. The Hall–Kier alpha value is -2.92. The molecule has 3 unspecified atom stereocenters. The lowest BCUT2D eigenvalue weighted by Gasteiger charge is -2.39. The predicted molar refractivity (Wildman–Crippen MR) is 221 cm³/mol. The summed E-state index contributed by atoms with van der Waals surface area (Å²) in [6.07, 6.45) is 24.4. The number of aliphatic hydroxyl groups is 3. The summed E-state index contributed by atoms with van der Waals surface area (Å²) in [5.74, 6) is -4.74. The zero-order valence-electron chi connectivity index (χ0n) is 35.8. The maximum atomic E-state index is 12.7. The first kappa shape index (κ1) is 52.1. The van der Waals surface area contributed by atoms with Crippen molar-refractivity contribution < 1.29 is 44.0 Å². The number of likely N-dealkylation sites (tertiary alicyclic amines) is 1. The van der Waals surface area contributed by atoms with Crippen molar-refractivity contribution in [2.24, 2.45) is 11.8 Å². The van der Waals surface area contributed by atoms with E-state index in [0.717, 1.165) is 50.5 Å². The summed E-state index contributed by atoms with van der Waals surface area (Å²) in [5.41, 5.74) is 2.22. The molecule has 0 bridgehead atoms. The number of carbonyl (C=O) groups excluding carboxylic acids is 4. The number of ether oxygens (including phenoxy) is 2. The van der Waals surface area contributed by atoms with Crippen LogP contribution in [0, 0.1) is 11.8 Å². The molecule has 3 aliphatic rings. The van der Waals surface area contributed by atoms with Gasteiger partial charge < -0.3 is 29.7 Å². The summed E-state index contributed by atoms with van der Waals surface area (Å²) in [5, 5.41) is 29.3. The van der Waals surface area contributed by atoms with Crippen LogP contribution in [-0.4, -0.2) is 87.5 Å². The van der Waals surface area contributed by atoms with Crippen LogP contribution in [0.15, 0.2) is 47.6 Å². The molecule has 3 N–H and O–H groups in total. The van der Waals surface area contributed by atoms with Crippen molar-refractivity contribution in [2.45, 2.75) is 183 Å². The maximum absolute atomic E-state index is 12.7.